The predicted octanol–water partition coefficient (Wildman–Crippen LogP) is 3.66. The molecule has 0 saturated heterocycles. The van der Waals surface area contributed by atoms with Crippen molar-refractivity contribution in [2.75, 3.05) is 11.9 Å². The predicted molar refractivity (Wildman–Crippen MR) is 134 cm³/mol. The number of nitrogens with zero attached hydrogens (tertiary/aromatic N) is 2. The molecule has 0 aliphatic carbocycles. The van der Waals surface area contributed by atoms with Gasteiger partial charge in [0.15, 0.2) is 6.04 Å². The molecule has 9 heteroatoms. The number of imidazole rings is 1. The second-order valence-corrected chi connectivity index (χ2v) is 8.84. The summed E-state index contributed by atoms with van der Waals surface area (Å²) in [6, 6.07) is 12.1. The van der Waals surface area contributed by atoms with Crippen molar-refractivity contribution in [2.45, 2.75) is 39.0 Å². The summed E-state index contributed by atoms with van der Waals surface area (Å²) >= 11 is 18.7. The van der Waals surface area contributed by atoms with Crippen LogP contribution >= 0.6 is 34.8 Å². The van der Waals surface area contributed by atoms with E-state index >= 15 is 0 Å². The number of aromatic nitrogens is 2. The van der Waals surface area contributed by atoms with Gasteiger partial charge in [0.05, 0.1) is 17.3 Å². The van der Waals surface area contributed by atoms with Crippen molar-refractivity contribution in [1.82, 2.24) is 4.57 Å². The van der Waals surface area contributed by atoms with Crippen LogP contribution in [0.4, 0.5) is 5.69 Å². The van der Waals surface area contributed by atoms with Crippen LogP contribution in [0, 0.1) is 0 Å². The van der Waals surface area contributed by atoms with Crippen molar-refractivity contribution in [3.63, 3.8) is 0 Å². The molecule has 0 bridgehead atoms. The van der Waals surface area contributed by atoms with Crippen LogP contribution in [0.5, 0.6) is 0 Å². The lowest BCUT2D eigenvalue weighted by molar-refractivity contribution is -0.704. The fraction of sp³-hybridized carbons (Fsp3) is 0.280. The molecule has 5 nitrogen and oxygen atoms in total. The van der Waals surface area contributed by atoms with Gasteiger partial charge in [-0.05, 0) is 44.5 Å². The molecule has 0 spiro atoms. The summed E-state index contributed by atoms with van der Waals surface area (Å²) in [5.41, 5.74) is 1.45. The number of rotatable bonds is 10. The highest BCUT2D eigenvalue weighted by atomic mass is 79.9. The smallest absolute Gasteiger partial charge is 0.269 e. The Hall–Kier alpha value is -1.83. The molecule has 1 N–H and O–H groups in total. The lowest BCUT2D eigenvalue weighted by atomic mass is 10.1. The Morgan fingerprint density at radius 2 is 1.94 bits per heavy atom. The molecule has 1 aromatic heterocycles. The van der Waals surface area contributed by atoms with Gasteiger partial charge in [0, 0.05) is 15.6 Å². The summed E-state index contributed by atoms with van der Waals surface area (Å²) in [5.74, 6) is -0.161. The first-order valence-corrected chi connectivity index (χ1v) is 11.8. The molecule has 1 heterocycles. The number of para-hydroxylation sites is 1. The monoisotopic (exact) mass is 585 g/mol. The Kier molecular flexibility index (Phi) is 11.6. The third-order valence-electron chi connectivity index (χ3n) is 5.20. The van der Waals surface area contributed by atoms with E-state index in [2.05, 4.69) is 11.4 Å². The third-order valence-corrected chi connectivity index (χ3v) is 6.09. The van der Waals surface area contributed by atoms with Crippen LogP contribution in [0.15, 0.2) is 73.3 Å². The summed E-state index contributed by atoms with van der Waals surface area (Å²) in [5, 5.41) is 4.51. The van der Waals surface area contributed by atoms with Crippen LogP contribution in [0.2, 0.25) is 15.1 Å². The number of ether oxygens (including phenoxy) is 1. The molecule has 0 aliphatic heterocycles. The minimum atomic E-state index is -0.435. The number of carbonyl (C=O) groups is 1. The van der Waals surface area contributed by atoms with Crippen LogP contribution in [0.3, 0.4) is 0 Å². The van der Waals surface area contributed by atoms with Gasteiger partial charge in [-0.15, -0.1) is 0 Å². The van der Waals surface area contributed by atoms with Gasteiger partial charge in [-0.3, -0.25) is 4.79 Å². The lowest BCUT2D eigenvalue weighted by Crippen LogP contribution is -3.00. The molecule has 3 aromatic rings. The maximum atomic E-state index is 12.7. The number of hydrogen-bond acceptors (Lipinski definition) is 2. The van der Waals surface area contributed by atoms with Gasteiger partial charge in [-0.25, -0.2) is 9.13 Å². The molecule has 2 atom stereocenters. The molecule has 0 saturated carbocycles. The number of amides is 1. The van der Waals surface area contributed by atoms with Crippen molar-refractivity contribution in [1.29, 1.82) is 0 Å². The van der Waals surface area contributed by atoms with E-state index in [0.717, 1.165) is 12.0 Å². The first-order valence-electron chi connectivity index (χ1n) is 10.7. The number of nitrogens with one attached hydrogen (secondary N) is 1. The molecule has 182 valence electrons. The van der Waals surface area contributed by atoms with E-state index < -0.39 is 6.04 Å². The second-order valence-electron chi connectivity index (χ2n) is 7.59. The first kappa shape index (κ1) is 28.4. The quantitative estimate of drug-likeness (QED) is 0.224. The molecule has 0 aliphatic rings. The fourth-order valence-electron chi connectivity index (χ4n) is 3.32. The minimum Gasteiger partial charge on any atom is -1.00 e. The number of hydrogen-bond donors (Lipinski definition) is 1. The van der Waals surface area contributed by atoms with Crippen molar-refractivity contribution in [2.24, 2.45) is 0 Å². The average molecular weight is 588 g/mol. The van der Waals surface area contributed by atoms with Crippen LogP contribution in [0.25, 0.3) is 0 Å². The second kappa shape index (κ2) is 13.9. The van der Waals surface area contributed by atoms with E-state index in [-0.39, 0.29) is 29.0 Å². The summed E-state index contributed by atoms with van der Waals surface area (Å²) in [4.78, 5) is 12.7. The number of benzene rings is 2. The Balaban J connectivity index is 0.00000408. The van der Waals surface area contributed by atoms with E-state index in [1.54, 1.807) is 18.2 Å². The normalized spacial score (nSPS) is 12.9. The van der Waals surface area contributed by atoms with E-state index in [1.165, 1.54) is 0 Å². The van der Waals surface area contributed by atoms with Gasteiger partial charge in [0.2, 0.25) is 6.33 Å². The van der Waals surface area contributed by atoms with Crippen molar-refractivity contribution in [3.8, 4) is 0 Å². The third kappa shape index (κ3) is 7.85. The first-order chi connectivity index (χ1) is 15.9. The van der Waals surface area contributed by atoms with Gasteiger partial charge < -0.3 is 27.0 Å². The SMILES string of the molecule is C/C=C/CCOC(C[n+]1ccn(C(C)C(=O)Nc2ccccc2Cl)c1)c1ccc(Cl)cc1Cl.[Br-]. The molecule has 2 unspecified atom stereocenters. The van der Waals surface area contributed by atoms with Crippen molar-refractivity contribution >= 4 is 46.4 Å². The van der Waals surface area contributed by atoms with E-state index in [9.17, 15) is 4.79 Å². The number of halogens is 4. The van der Waals surface area contributed by atoms with Gasteiger partial charge in [-0.1, -0.05) is 65.2 Å². The average Bonchev–Trinajstić information content (AvgIpc) is 3.25. The highest BCUT2D eigenvalue weighted by molar-refractivity contribution is 6.35. The number of anilines is 1. The zero-order chi connectivity index (χ0) is 23.8. The number of allylic oxidation sites excluding steroid dienone is 1. The summed E-state index contributed by atoms with van der Waals surface area (Å²) in [7, 11) is 0. The zero-order valence-corrected chi connectivity index (χ0v) is 22.8. The van der Waals surface area contributed by atoms with Crippen LogP contribution in [-0.2, 0) is 16.1 Å². The maximum Gasteiger partial charge on any atom is 0.269 e. The van der Waals surface area contributed by atoms with E-state index in [1.807, 2.05) is 72.0 Å². The molecule has 1 amide bonds. The summed E-state index contributed by atoms with van der Waals surface area (Å²) < 4.78 is 9.98. The molecule has 0 radical (unpaired) electrons. The molecule has 3 rings (SSSR count). The van der Waals surface area contributed by atoms with Crippen LogP contribution in [0.1, 0.15) is 38.0 Å². The van der Waals surface area contributed by atoms with Gasteiger partial charge >= 0.3 is 0 Å². The largest absolute Gasteiger partial charge is 1.00 e. The molecule has 34 heavy (non-hydrogen) atoms. The topological polar surface area (TPSA) is 47.1 Å². The molecule has 2 aromatic carbocycles. The highest BCUT2D eigenvalue weighted by Crippen LogP contribution is 2.29. The summed E-state index contributed by atoms with van der Waals surface area (Å²) in [6.07, 6.45) is 10.2. The van der Waals surface area contributed by atoms with Crippen molar-refractivity contribution < 1.29 is 31.1 Å². The standard InChI is InChI=1S/C25H26Cl3N3O2.BrH/c1-3-4-7-14-33-24(20-11-10-19(26)15-22(20)28)16-30-12-13-31(17-30)18(2)25(32)29-23-9-6-5-8-21(23)27;/h3-6,8-13,15,17-18,24H,7,14,16H2,1-2H3;1H/b4-3+;. The Labute approximate surface area is 226 Å². The minimum absolute atomic E-state index is 0. The van der Waals surface area contributed by atoms with E-state index in [4.69, 9.17) is 39.5 Å². The maximum absolute atomic E-state index is 12.7. The van der Waals surface area contributed by atoms with E-state index in [0.29, 0.717) is 33.9 Å². The Bertz CT molecular complexity index is 1120. The Morgan fingerprint density at radius 1 is 1.18 bits per heavy atom. The fourth-order valence-corrected chi connectivity index (χ4v) is 4.04. The zero-order valence-electron chi connectivity index (χ0n) is 18.9. The van der Waals surface area contributed by atoms with Gasteiger partial charge in [0.1, 0.15) is 25.0 Å². The molecular formula is C25H27BrCl3N3O2. The molecule has 0 fully saturated rings. The highest BCUT2D eigenvalue weighted by Gasteiger charge is 2.23. The number of carbonyl (C=O) groups excluding carboxylic acids is 1. The van der Waals surface area contributed by atoms with Crippen LogP contribution in [-0.4, -0.2) is 17.1 Å². The van der Waals surface area contributed by atoms with Crippen LogP contribution < -0.4 is 26.9 Å². The van der Waals surface area contributed by atoms with Gasteiger partial charge in [-0.2, -0.15) is 0 Å². The van der Waals surface area contributed by atoms with Crippen molar-refractivity contribution in [3.05, 3.63) is 94.0 Å². The lowest BCUT2D eigenvalue weighted by Gasteiger charge is -2.18. The van der Waals surface area contributed by atoms with Gasteiger partial charge in [0.25, 0.3) is 5.91 Å². The molecular weight excluding hydrogens is 561 g/mol. The summed E-state index contributed by atoms with van der Waals surface area (Å²) in [6.45, 7) is 4.90. The Morgan fingerprint density at radius 3 is 2.65 bits per heavy atom.